The second-order valence-corrected chi connectivity index (χ2v) is 6.20. The summed E-state index contributed by atoms with van der Waals surface area (Å²) in [5.41, 5.74) is -1.49. The molecule has 0 spiro atoms. The van der Waals surface area contributed by atoms with Crippen molar-refractivity contribution in [2.75, 3.05) is 0 Å². The number of aromatic hydroxyl groups is 1. The highest BCUT2D eigenvalue weighted by atomic mass is 16.3. The molecule has 0 aliphatic carbocycles. The third kappa shape index (κ3) is 2.74. The van der Waals surface area contributed by atoms with Gasteiger partial charge in [-0.3, -0.25) is 19.3 Å². The van der Waals surface area contributed by atoms with Gasteiger partial charge in [0.15, 0.2) is 0 Å². The molecule has 1 aliphatic heterocycles. The van der Waals surface area contributed by atoms with Gasteiger partial charge in [-0.05, 0) is 5.87 Å². The van der Waals surface area contributed by atoms with E-state index in [0.717, 1.165) is 9.13 Å². The van der Waals surface area contributed by atoms with E-state index in [1.54, 1.807) is 0 Å². The predicted octanol–water partition coefficient (Wildman–Crippen LogP) is 0.862. The van der Waals surface area contributed by atoms with Crippen LogP contribution in [0.2, 0.25) is 0 Å². The number of hydrogen-bond donors (Lipinski definition) is 2. The maximum atomic E-state index is 12.0. The third-order valence-electron chi connectivity index (χ3n) is 3.40. The molecule has 0 radical (unpaired) electrons. The summed E-state index contributed by atoms with van der Waals surface area (Å²) >= 11 is 0. The maximum Gasteiger partial charge on any atom is 0.333 e. The number of aromatic nitrogens is 2. The van der Waals surface area contributed by atoms with Crippen LogP contribution in [0.4, 0.5) is 5.69 Å². The SMILES string of the molecule is Cn1c(O)c(N=NC2=NN=C(C(C)(C)C)C2=C=N)c(=O)n(C)c1=O. The Morgan fingerprint density at radius 1 is 1.12 bits per heavy atom. The van der Waals surface area contributed by atoms with E-state index >= 15 is 0 Å². The van der Waals surface area contributed by atoms with Crippen molar-refractivity contribution in [2.24, 2.45) is 39.9 Å². The highest BCUT2D eigenvalue weighted by Gasteiger charge is 2.30. The zero-order valence-corrected chi connectivity index (χ0v) is 13.9. The number of amidine groups is 1. The van der Waals surface area contributed by atoms with Crippen LogP contribution in [0.15, 0.2) is 35.6 Å². The first-order valence-corrected chi connectivity index (χ1v) is 6.97. The molecule has 1 aromatic rings. The van der Waals surface area contributed by atoms with Crippen LogP contribution >= 0.6 is 0 Å². The quantitative estimate of drug-likeness (QED) is 0.583. The lowest BCUT2D eigenvalue weighted by atomic mass is 9.86. The van der Waals surface area contributed by atoms with E-state index in [4.69, 9.17) is 5.41 Å². The first-order valence-electron chi connectivity index (χ1n) is 6.97. The number of rotatable bonds is 1. The van der Waals surface area contributed by atoms with Crippen LogP contribution in [0, 0.1) is 10.8 Å². The second kappa shape index (κ2) is 5.82. The van der Waals surface area contributed by atoms with E-state index in [0.29, 0.717) is 5.71 Å². The van der Waals surface area contributed by atoms with Gasteiger partial charge >= 0.3 is 5.69 Å². The van der Waals surface area contributed by atoms with Crippen molar-refractivity contribution in [3.05, 3.63) is 26.4 Å². The number of nitrogens with one attached hydrogen (secondary N) is 1. The van der Waals surface area contributed by atoms with Crippen molar-refractivity contribution in [3.63, 3.8) is 0 Å². The third-order valence-corrected chi connectivity index (χ3v) is 3.40. The van der Waals surface area contributed by atoms with Crippen molar-refractivity contribution in [3.8, 4) is 5.88 Å². The van der Waals surface area contributed by atoms with Crippen molar-refractivity contribution < 1.29 is 5.11 Å². The fourth-order valence-corrected chi connectivity index (χ4v) is 2.01. The zero-order valence-electron chi connectivity index (χ0n) is 13.9. The summed E-state index contributed by atoms with van der Waals surface area (Å²) in [7, 11) is 2.56. The molecular formula is C14H17N7O3. The Balaban J connectivity index is 2.47. The topological polar surface area (TPSA) is 138 Å². The van der Waals surface area contributed by atoms with E-state index in [-0.39, 0.29) is 16.8 Å². The molecule has 1 aliphatic rings. The summed E-state index contributed by atoms with van der Waals surface area (Å²) in [5.74, 6) is 1.61. The zero-order chi connectivity index (χ0) is 18.2. The van der Waals surface area contributed by atoms with Gasteiger partial charge in [-0.15, -0.1) is 15.3 Å². The molecule has 0 fully saturated rings. The van der Waals surface area contributed by atoms with Gasteiger partial charge in [0.1, 0.15) is 5.57 Å². The highest BCUT2D eigenvalue weighted by Crippen LogP contribution is 2.26. The fraction of sp³-hybridized carbons (Fsp3) is 0.429. The molecule has 126 valence electrons. The van der Waals surface area contributed by atoms with Gasteiger partial charge < -0.3 is 5.11 Å². The minimum absolute atomic E-state index is 0.00484. The van der Waals surface area contributed by atoms with Crippen LogP contribution in [-0.4, -0.2) is 31.7 Å². The predicted molar refractivity (Wildman–Crippen MR) is 88.7 cm³/mol. The number of hydrogen-bond acceptors (Lipinski definition) is 8. The monoisotopic (exact) mass is 331 g/mol. The summed E-state index contributed by atoms with van der Waals surface area (Å²) in [6.07, 6.45) is 0. The summed E-state index contributed by atoms with van der Waals surface area (Å²) in [5, 5.41) is 32.6. The Kier molecular flexibility index (Phi) is 4.18. The van der Waals surface area contributed by atoms with Crippen LogP contribution in [0.3, 0.4) is 0 Å². The van der Waals surface area contributed by atoms with Crippen molar-refractivity contribution in [1.82, 2.24) is 9.13 Å². The molecule has 2 N–H and O–H groups in total. The van der Waals surface area contributed by atoms with Gasteiger partial charge in [0.05, 0.1) is 5.71 Å². The minimum atomic E-state index is -0.796. The van der Waals surface area contributed by atoms with Crippen LogP contribution in [-0.2, 0) is 14.1 Å². The maximum absolute atomic E-state index is 12.0. The van der Waals surface area contributed by atoms with E-state index in [9.17, 15) is 14.7 Å². The average molecular weight is 331 g/mol. The molecule has 0 saturated heterocycles. The van der Waals surface area contributed by atoms with Gasteiger partial charge in [-0.1, -0.05) is 20.8 Å². The van der Waals surface area contributed by atoms with Crippen molar-refractivity contribution >= 4 is 23.1 Å². The van der Waals surface area contributed by atoms with E-state index in [2.05, 4.69) is 26.3 Å². The molecule has 0 bridgehead atoms. The van der Waals surface area contributed by atoms with Gasteiger partial charge in [-0.2, -0.15) is 5.10 Å². The van der Waals surface area contributed by atoms with Crippen LogP contribution in [0.1, 0.15) is 20.8 Å². The summed E-state index contributed by atoms with van der Waals surface area (Å²) in [6, 6.07) is 0. The minimum Gasteiger partial charge on any atom is -0.493 e. The standard InChI is InChI=1S/C14H17N7O3/c1-14(2,3)9-7(6-15)10(19-17-9)18-16-8-11(22)20(4)13(24)21(5)12(8)23/h15,22H,1-5H3. The first-order chi connectivity index (χ1) is 11.1. The Labute approximate surface area is 136 Å². The molecule has 10 nitrogen and oxygen atoms in total. The van der Waals surface area contributed by atoms with Crippen molar-refractivity contribution in [2.45, 2.75) is 20.8 Å². The summed E-state index contributed by atoms with van der Waals surface area (Å²) in [6.45, 7) is 5.69. The van der Waals surface area contributed by atoms with Crippen LogP contribution in [0.5, 0.6) is 5.88 Å². The normalized spacial score (nSPS) is 14.8. The lowest BCUT2D eigenvalue weighted by Crippen LogP contribution is -2.36. The molecule has 0 atom stereocenters. The average Bonchev–Trinajstić information content (AvgIpc) is 2.94. The van der Waals surface area contributed by atoms with E-state index < -0.39 is 22.8 Å². The van der Waals surface area contributed by atoms with Crippen LogP contribution < -0.4 is 11.2 Å². The molecule has 2 rings (SSSR count). The molecule has 10 heteroatoms. The Bertz CT molecular complexity index is 964. The van der Waals surface area contributed by atoms with Gasteiger partial charge in [0, 0.05) is 19.5 Å². The van der Waals surface area contributed by atoms with Gasteiger partial charge in [-0.25, -0.2) is 4.79 Å². The Morgan fingerprint density at radius 2 is 1.75 bits per heavy atom. The Hall–Kier alpha value is -3.13. The second-order valence-electron chi connectivity index (χ2n) is 6.20. The summed E-state index contributed by atoms with van der Waals surface area (Å²) in [4.78, 5) is 23.7. The molecular weight excluding hydrogens is 314 g/mol. The van der Waals surface area contributed by atoms with E-state index in [1.807, 2.05) is 20.8 Å². The fourth-order valence-electron chi connectivity index (χ4n) is 2.01. The molecule has 0 amide bonds. The van der Waals surface area contributed by atoms with Crippen LogP contribution in [0.25, 0.3) is 0 Å². The molecule has 1 aromatic heterocycles. The lowest BCUT2D eigenvalue weighted by molar-refractivity contribution is 0.413. The lowest BCUT2D eigenvalue weighted by Gasteiger charge is -2.17. The van der Waals surface area contributed by atoms with E-state index in [1.165, 1.54) is 14.1 Å². The number of nitrogens with zero attached hydrogens (tertiary/aromatic N) is 6. The molecule has 2 heterocycles. The number of azo groups is 1. The molecule has 0 unspecified atom stereocenters. The Morgan fingerprint density at radius 3 is 2.29 bits per heavy atom. The van der Waals surface area contributed by atoms with Crippen molar-refractivity contribution in [1.29, 1.82) is 5.41 Å². The summed E-state index contributed by atoms with van der Waals surface area (Å²) < 4.78 is 1.67. The molecule has 24 heavy (non-hydrogen) atoms. The highest BCUT2D eigenvalue weighted by molar-refractivity contribution is 6.32. The van der Waals surface area contributed by atoms with Gasteiger partial charge in [0.2, 0.25) is 17.4 Å². The van der Waals surface area contributed by atoms with Gasteiger partial charge in [0.25, 0.3) is 5.56 Å². The smallest absolute Gasteiger partial charge is 0.333 e. The first kappa shape index (κ1) is 17.2. The molecule has 0 aromatic carbocycles. The largest absolute Gasteiger partial charge is 0.493 e. The molecule has 0 saturated carbocycles.